The van der Waals surface area contributed by atoms with Gasteiger partial charge in [0.1, 0.15) is 24.5 Å². The maximum Gasteiger partial charge on any atom is 0.191 e. The number of guanidine groups is 1. The number of ether oxygens (including phenoxy) is 2. The number of hydrogen-bond acceptors (Lipinski definition) is 6. The van der Waals surface area contributed by atoms with E-state index in [1.54, 1.807) is 13.4 Å². The largest absolute Gasteiger partial charge is 0.492 e. The van der Waals surface area contributed by atoms with Gasteiger partial charge < -0.3 is 24.7 Å². The van der Waals surface area contributed by atoms with Crippen LogP contribution in [-0.2, 0) is 24.2 Å². The predicted octanol–water partition coefficient (Wildman–Crippen LogP) is 1.70. The van der Waals surface area contributed by atoms with Crippen molar-refractivity contribution in [1.82, 2.24) is 30.3 Å². The SMILES string of the molecule is CCc1nncn1CCNC(=NC)NCc1cccc(OCCN(C)C2CCOCC2)c1. The Hall–Kier alpha value is -2.65. The second kappa shape index (κ2) is 13.0. The van der Waals surface area contributed by atoms with E-state index in [1.165, 1.54) is 0 Å². The van der Waals surface area contributed by atoms with Crippen LogP contribution < -0.4 is 15.4 Å². The minimum absolute atomic E-state index is 0.598. The molecule has 0 bridgehead atoms. The van der Waals surface area contributed by atoms with Gasteiger partial charge >= 0.3 is 0 Å². The molecule has 0 saturated carbocycles. The first kappa shape index (κ1) is 24.0. The number of nitrogens with one attached hydrogen (secondary N) is 2. The first-order chi connectivity index (χ1) is 15.7. The molecule has 3 rings (SSSR count). The highest BCUT2D eigenvalue weighted by Crippen LogP contribution is 2.15. The third kappa shape index (κ3) is 7.49. The van der Waals surface area contributed by atoms with Crippen LogP contribution in [0.3, 0.4) is 0 Å². The first-order valence-electron chi connectivity index (χ1n) is 11.5. The van der Waals surface area contributed by atoms with Crippen LogP contribution in [0.1, 0.15) is 31.2 Å². The highest BCUT2D eigenvalue weighted by molar-refractivity contribution is 5.79. The van der Waals surface area contributed by atoms with E-state index in [1.807, 2.05) is 12.1 Å². The van der Waals surface area contributed by atoms with Gasteiger partial charge in [-0.3, -0.25) is 9.89 Å². The van der Waals surface area contributed by atoms with Gasteiger partial charge in [0.15, 0.2) is 5.96 Å². The van der Waals surface area contributed by atoms with Gasteiger partial charge in [0.25, 0.3) is 0 Å². The summed E-state index contributed by atoms with van der Waals surface area (Å²) in [5, 5.41) is 14.8. The van der Waals surface area contributed by atoms with Crippen LogP contribution in [0.25, 0.3) is 0 Å². The Balaban J connectivity index is 1.38. The van der Waals surface area contributed by atoms with Crippen LogP contribution in [-0.4, -0.2) is 78.7 Å². The summed E-state index contributed by atoms with van der Waals surface area (Å²) in [5.41, 5.74) is 1.15. The highest BCUT2D eigenvalue weighted by Gasteiger charge is 2.18. The van der Waals surface area contributed by atoms with Crippen molar-refractivity contribution in [3.05, 3.63) is 42.0 Å². The fraction of sp³-hybridized carbons (Fsp3) is 0.609. The lowest BCUT2D eigenvalue weighted by Gasteiger charge is -2.31. The van der Waals surface area contributed by atoms with Gasteiger partial charge in [0.2, 0.25) is 0 Å². The molecule has 1 fully saturated rings. The number of rotatable bonds is 11. The van der Waals surface area contributed by atoms with Gasteiger partial charge in [-0.1, -0.05) is 19.1 Å². The van der Waals surface area contributed by atoms with E-state index in [-0.39, 0.29) is 0 Å². The molecule has 9 nitrogen and oxygen atoms in total. The van der Waals surface area contributed by atoms with Gasteiger partial charge in [-0.2, -0.15) is 0 Å². The zero-order valence-electron chi connectivity index (χ0n) is 19.6. The monoisotopic (exact) mass is 443 g/mol. The van der Waals surface area contributed by atoms with Crippen LogP contribution in [0.2, 0.25) is 0 Å². The molecule has 0 unspecified atom stereocenters. The third-order valence-electron chi connectivity index (χ3n) is 5.77. The standard InChI is InChI=1S/C23H37N7O2/c1-4-22-28-27-18-30(22)11-10-25-23(24-2)26-17-19-6-5-7-21(16-19)32-15-12-29(3)20-8-13-31-14-9-20/h5-7,16,18,20H,4,8-15,17H2,1-3H3,(H2,24,25,26). The summed E-state index contributed by atoms with van der Waals surface area (Å²) in [6.07, 6.45) is 4.85. The Morgan fingerprint density at radius 2 is 2.16 bits per heavy atom. The molecule has 0 amide bonds. The van der Waals surface area contributed by atoms with Crippen LogP contribution in [0.15, 0.2) is 35.6 Å². The summed E-state index contributed by atoms with van der Waals surface area (Å²) in [4.78, 5) is 6.69. The number of benzene rings is 1. The van der Waals surface area contributed by atoms with Crippen molar-refractivity contribution in [2.75, 3.05) is 47.0 Å². The lowest BCUT2D eigenvalue weighted by atomic mass is 10.1. The Bertz CT molecular complexity index is 833. The van der Waals surface area contributed by atoms with Gasteiger partial charge in [0, 0.05) is 58.9 Å². The van der Waals surface area contributed by atoms with Crippen molar-refractivity contribution < 1.29 is 9.47 Å². The molecule has 2 heterocycles. The molecule has 9 heteroatoms. The predicted molar refractivity (Wildman–Crippen MR) is 126 cm³/mol. The van der Waals surface area contributed by atoms with E-state index in [9.17, 15) is 0 Å². The lowest BCUT2D eigenvalue weighted by Crippen LogP contribution is -2.38. The number of likely N-dealkylation sites (N-methyl/N-ethyl adjacent to an activating group) is 1. The van der Waals surface area contributed by atoms with Crippen molar-refractivity contribution in [3.8, 4) is 5.75 Å². The molecule has 1 aromatic heterocycles. The number of aryl methyl sites for hydroxylation is 1. The van der Waals surface area contributed by atoms with Gasteiger partial charge in [-0.15, -0.1) is 10.2 Å². The summed E-state index contributed by atoms with van der Waals surface area (Å²) in [6.45, 7) is 7.61. The number of hydrogen-bond donors (Lipinski definition) is 2. The summed E-state index contributed by atoms with van der Waals surface area (Å²) < 4.78 is 13.5. The van der Waals surface area contributed by atoms with Crippen LogP contribution >= 0.6 is 0 Å². The molecule has 0 spiro atoms. The quantitative estimate of drug-likeness (QED) is 0.404. The zero-order valence-corrected chi connectivity index (χ0v) is 19.6. The van der Waals surface area contributed by atoms with Gasteiger partial charge in [0.05, 0.1) is 0 Å². The summed E-state index contributed by atoms with van der Waals surface area (Å²) in [5.74, 6) is 2.65. The number of aromatic nitrogens is 3. The van der Waals surface area contributed by atoms with Crippen molar-refractivity contribution in [3.63, 3.8) is 0 Å². The second-order valence-electron chi connectivity index (χ2n) is 7.97. The van der Waals surface area contributed by atoms with E-state index in [4.69, 9.17) is 9.47 Å². The normalized spacial score (nSPS) is 15.2. The zero-order chi connectivity index (χ0) is 22.6. The topological polar surface area (TPSA) is 88.8 Å². The smallest absolute Gasteiger partial charge is 0.191 e. The van der Waals surface area contributed by atoms with Crippen LogP contribution in [0.5, 0.6) is 5.75 Å². The molecule has 1 aliphatic rings. The average molecular weight is 444 g/mol. The molecular weight excluding hydrogens is 406 g/mol. The van der Waals surface area contributed by atoms with E-state index < -0.39 is 0 Å². The number of nitrogens with zero attached hydrogens (tertiary/aromatic N) is 5. The van der Waals surface area contributed by atoms with Crippen LogP contribution in [0, 0.1) is 0 Å². The molecule has 2 aromatic rings. The van der Waals surface area contributed by atoms with Crippen molar-refractivity contribution in [2.24, 2.45) is 4.99 Å². The second-order valence-corrected chi connectivity index (χ2v) is 7.97. The van der Waals surface area contributed by atoms with Crippen LogP contribution in [0.4, 0.5) is 0 Å². The van der Waals surface area contributed by atoms with E-state index in [2.05, 4.69) is 61.4 Å². The molecular formula is C23H37N7O2. The first-order valence-corrected chi connectivity index (χ1v) is 11.5. The molecule has 1 aliphatic heterocycles. The van der Waals surface area contributed by atoms with E-state index >= 15 is 0 Å². The Labute approximate surface area is 191 Å². The fourth-order valence-corrected chi connectivity index (χ4v) is 3.80. The molecule has 32 heavy (non-hydrogen) atoms. The highest BCUT2D eigenvalue weighted by atomic mass is 16.5. The molecule has 1 aromatic carbocycles. The fourth-order valence-electron chi connectivity index (χ4n) is 3.80. The number of aliphatic imine (C=N–C) groups is 1. The summed E-state index contributed by atoms with van der Waals surface area (Å²) in [6, 6.07) is 8.81. The molecule has 0 atom stereocenters. The molecule has 0 aliphatic carbocycles. The van der Waals surface area contributed by atoms with Crippen molar-refractivity contribution in [1.29, 1.82) is 0 Å². The minimum atomic E-state index is 0.598. The van der Waals surface area contributed by atoms with Crippen molar-refractivity contribution in [2.45, 2.75) is 45.3 Å². The van der Waals surface area contributed by atoms with Gasteiger partial charge in [-0.25, -0.2) is 0 Å². The van der Waals surface area contributed by atoms with Gasteiger partial charge in [-0.05, 0) is 37.6 Å². The molecule has 176 valence electrons. The summed E-state index contributed by atoms with van der Waals surface area (Å²) in [7, 11) is 3.95. The lowest BCUT2D eigenvalue weighted by molar-refractivity contribution is 0.0392. The molecule has 1 saturated heterocycles. The maximum absolute atomic E-state index is 6.01. The van der Waals surface area contributed by atoms with Crippen molar-refractivity contribution >= 4 is 5.96 Å². The summed E-state index contributed by atoms with van der Waals surface area (Å²) >= 11 is 0. The molecule has 2 N–H and O–H groups in total. The van der Waals surface area contributed by atoms with E-state index in [0.717, 1.165) is 75.2 Å². The van der Waals surface area contributed by atoms with E-state index in [0.29, 0.717) is 19.2 Å². The minimum Gasteiger partial charge on any atom is -0.492 e. The Morgan fingerprint density at radius 3 is 2.94 bits per heavy atom. The Morgan fingerprint density at radius 1 is 1.31 bits per heavy atom. The third-order valence-corrected chi connectivity index (χ3v) is 5.77. The maximum atomic E-state index is 6.01. The Kier molecular flexibility index (Phi) is 9.77. The average Bonchev–Trinajstić information content (AvgIpc) is 3.29. The molecule has 0 radical (unpaired) electrons.